The summed E-state index contributed by atoms with van der Waals surface area (Å²) in [5, 5.41) is 3.87. The summed E-state index contributed by atoms with van der Waals surface area (Å²) in [5.41, 5.74) is 4.74. The summed E-state index contributed by atoms with van der Waals surface area (Å²) in [6.45, 7) is 1.91. The fraction of sp³-hybridized carbons (Fsp3) is 0.0500. The van der Waals surface area contributed by atoms with Crippen molar-refractivity contribution in [3.8, 4) is 5.75 Å². The van der Waals surface area contributed by atoms with Gasteiger partial charge in [-0.15, -0.1) is 0 Å². The van der Waals surface area contributed by atoms with Gasteiger partial charge in [-0.3, -0.25) is 9.78 Å². The molecule has 7 nitrogen and oxygen atoms in total. The number of hydrogen-bond donors (Lipinski definition) is 1. The van der Waals surface area contributed by atoms with Crippen LogP contribution < -0.4 is 10.2 Å². The third-order valence-corrected chi connectivity index (χ3v) is 3.52. The number of nitrogens with zero attached hydrogens (tertiary/aromatic N) is 3. The van der Waals surface area contributed by atoms with Gasteiger partial charge in [-0.1, -0.05) is 17.7 Å². The smallest absolute Gasteiger partial charge is 0.343 e. The number of hydrazone groups is 1. The lowest BCUT2D eigenvalue weighted by molar-refractivity contribution is 0.0734. The molecule has 0 atom stereocenters. The highest BCUT2D eigenvalue weighted by Gasteiger charge is 2.08. The Balaban J connectivity index is 1.57. The van der Waals surface area contributed by atoms with E-state index < -0.39 is 11.9 Å². The van der Waals surface area contributed by atoms with E-state index in [-0.39, 0.29) is 5.69 Å². The van der Waals surface area contributed by atoms with Crippen molar-refractivity contribution in [3.05, 3.63) is 89.5 Å². The van der Waals surface area contributed by atoms with Gasteiger partial charge in [-0.05, 0) is 48.9 Å². The lowest BCUT2D eigenvalue weighted by atomic mass is 10.1. The molecular weight excluding hydrogens is 344 g/mol. The van der Waals surface area contributed by atoms with Crippen molar-refractivity contribution in [2.75, 3.05) is 0 Å². The number of esters is 1. The van der Waals surface area contributed by atoms with Crippen molar-refractivity contribution in [2.45, 2.75) is 6.92 Å². The van der Waals surface area contributed by atoms with Crippen LogP contribution >= 0.6 is 0 Å². The Kier molecular flexibility index (Phi) is 5.64. The molecule has 0 radical (unpaired) electrons. The second-order valence-corrected chi connectivity index (χ2v) is 5.62. The SMILES string of the molecule is Cc1cccc(C(=O)Oc2ccc(/C=N\NC(=O)c3cnccn3)cc2)c1. The minimum atomic E-state index is -0.456. The molecular formula is C20H16N4O3. The second kappa shape index (κ2) is 8.48. The van der Waals surface area contributed by atoms with Crippen molar-refractivity contribution in [3.63, 3.8) is 0 Å². The molecule has 134 valence electrons. The second-order valence-electron chi connectivity index (χ2n) is 5.62. The molecule has 0 fully saturated rings. The molecule has 1 aromatic heterocycles. The lowest BCUT2D eigenvalue weighted by Gasteiger charge is -2.05. The van der Waals surface area contributed by atoms with Gasteiger partial charge < -0.3 is 4.74 Å². The van der Waals surface area contributed by atoms with Gasteiger partial charge in [0.25, 0.3) is 5.91 Å². The van der Waals surface area contributed by atoms with E-state index in [1.54, 1.807) is 42.5 Å². The quantitative estimate of drug-likeness (QED) is 0.327. The Hall–Kier alpha value is -3.87. The number of aryl methyl sites for hydroxylation is 1. The highest BCUT2D eigenvalue weighted by Crippen LogP contribution is 2.14. The molecule has 0 unspecified atom stereocenters. The van der Waals surface area contributed by atoms with Gasteiger partial charge in [0, 0.05) is 12.4 Å². The Morgan fingerprint density at radius 1 is 1.11 bits per heavy atom. The van der Waals surface area contributed by atoms with E-state index in [0.29, 0.717) is 11.3 Å². The summed E-state index contributed by atoms with van der Waals surface area (Å²) >= 11 is 0. The van der Waals surface area contributed by atoms with Gasteiger partial charge in [-0.25, -0.2) is 15.2 Å². The molecule has 0 aliphatic rings. The summed E-state index contributed by atoms with van der Waals surface area (Å²) in [7, 11) is 0. The van der Waals surface area contributed by atoms with Crippen LogP contribution in [0.2, 0.25) is 0 Å². The van der Waals surface area contributed by atoms with E-state index >= 15 is 0 Å². The third kappa shape index (κ3) is 5.05. The molecule has 0 aliphatic heterocycles. The van der Waals surface area contributed by atoms with E-state index in [2.05, 4.69) is 20.5 Å². The number of benzene rings is 2. The Morgan fingerprint density at radius 2 is 1.93 bits per heavy atom. The molecule has 3 rings (SSSR count). The first-order valence-corrected chi connectivity index (χ1v) is 8.10. The molecule has 0 saturated carbocycles. The topological polar surface area (TPSA) is 93.5 Å². The maximum atomic E-state index is 12.1. The molecule has 7 heteroatoms. The highest BCUT2D eigenvalue weighted by atomic mass is 16.5. The molecule has 0 bridgehead atoms. The molecule has 27 heavy (non-hydrogen) atoms. The molecule has 0 aliphatic carbocycles. The van der Waals surface area contributed by atoms with Crippen LogP contribution in [-0.4, -0.2) is 28.1 Å². The number of aromatic nitrogens is 2. The minimum Gasteiger partial charge on any atom is -0.423 e. The van der Waals surface area contributed by atoms with Crippen LogP contribution in [0.15, 0.2) is 72.2 Å². The first-order chi connectivity index (χ1) is 13.1. The maximum Gasteiger partial charge on any atom is 0.343 e. The largest absolute Gasteiger partial charge is 0.423 e. The molecule has 0 saturated heterocycles. The average Bonchev–Trinajstić information content (AvgIpc) is 2.70. The number of amides is 1. The first-order valence-electron chi connectivity index (χ1n) is 8.10. The zero-order valence-corrected chi connectivity index (χ0v) is 14.5. The van der Waals surface area contributed by atoms with Gasteiger partial charge in [0.05, 0.1) is 18.0 Å². The van der Waals surface area contributed by atoms with Crippen molar-refractivity contribution < 1.29 is 14.3 Å². The van der Waals surface area contributed by atoms with E-state index in [1.807, 2.05) is 13.0 Å². The normalized spacial score (nSPS) is 10.6. The molecule has 1 heterocycles. The Bertz CT molecular complexity index is 970. The number of ether oxygens (including phenoxy) is 1. The number of rotatable bonds is 5. The van der Waals surface area contributed by atoms with E-state index in [0.717, 1.165) is 11.1 Å². The lowest BCUT2D eigenvalue weighted by Crippen LogP contribution is -2.19. The molecule has 2 aromatic carbocycles. The predicted octanol–water partition coefficient (Wildman–Crippen LogP) is 2.77. The minimum absolute atomic E-state index is 0.174. The zero-order chi connectivity index (χ0) is 19.1. The van der Waals surface area contributed by atoms with Crippen molar-refractivity contribution >= 4 is 18.1 Å². The average molecular weight is 360 g/mol. The monoisotopic (exact) mass is 360 g/mol. The van der Waals surface area contributed by atoms with Crippen LogP contribution in [0.1, 0.15) is 32.0 Å². The van der Waals surface area contributed by atoms with Crippen molar-refractivity contribution in [2.24, 2.45) is 5.10 Å². The third-order valence-electron chi connectivity index (χ3n) is 3.52. The van der Waals surface area contributed by atoms with E-state index in [9.17, 15) is 9.59 Å². The fourth-order valence-electron chi connectivity index (χ4n) is 2.20. The molecule has 3 aromatic rings. The molecule has 1 amide bonds. The number of hydrogen-bond acceptors (Lipinski definition) is 6. The van der Waals surface area contributed by atoms with Gasteiger partial charge in [-0.2, -0.15) is 5.10 Å². The fourth-order valence-corrected chi connectivity index (χ4v) is 2.20. The van der Waals surface area contributed by atoms with Crippen LogP contribution in [0.3, 0.4) is 0 Å². The standard InChI is InChI=1S/C20H16N4O3/c1-14-3-2-4-16(11-14)20(26)27-17-7-5-15(6-8-17)12-23-24-19(25)18-13-21-9-10-22-18/h2-13H,1H3,(H,24,25)/b23-12-. The van der Waals surface area contributed by atoms with Crippen LogP contribution in [-0.2, 0) is 0 Å². The zero-order valence-electron chi connectivity index (χ0n) is 14.5. The summed E-state index contributed by atoms with van der Waals surface area (Å²) in [5.74, 6) is -0.457. The van der Waals surface area contributed by atoms with Crippen LogP contribution in [0, 0.1) is 6.92 Å². The first kappa shape index (κ1) is 17.9. The number of carbonyl (C=O) groups is 2. The summed E-state index contributed by atoms with van der Waals surface area (Å²) in [4.78, 5) is 31.6. The number of nitrogens with one attached hydrogen (secondary N) is 1. The number of carbonyl (C=O) groups excluding carboxylic acids is 2. The van der Waals surface area contributed by atoms with Gasteiger partial charge in [0.2, 0.25) is 0 Å². The summed E-state index contributed by atoms with van der Waals surface area (Å²) in [6.07, 6.45) is 5.73. The molecule has 0 spiro atoms. The predicted molar refractivity (Wildman–Crippen MR) is 99.7 cm³/mol. The van der Waals surface area contributed by atoms with Crippen LogP contribution in [0.25, 0.3) is 0 Å². The Morgan fingerprint density at radius 3 is 2.63 bits per heavy atom. The Labute approximate surface area is 155 Å². The highest BCUT2D eigenvalue weighted by molar-refractivity contribution is 5.93. The van der Waals surface area contributed by atoms with Gasteiger partial charge in [0.1, 0.15) is 11.4 Å². The van der Waals surface area contributed by atoms with Gasteiger partial charge >= 0.3 is 5.97 Å². The van der Waals surface area contributed by atoms with E-state index in [4.69, 9.17) is 4.74 Å². The van der Waals surface area contributed by atoms with Crippen molar-refractivity contribution in [1.29, 1.82) is 0 Å². The maximum absolute atomic E-state index is 12.1. The van der Waals surface area contributed by atoms with Gasteiger partial charge in [0.15, 0.2) is 0 Å². The summed E-state index contributed by atoms with van der Waals surface area (Å²) < 4.78 is 5.34. The van der Waals surface area contributed by atoms with Crippen LogP contribution in [0.4, 0.5) is 0 Å². The summed E-state index contributed by atoms with van der Waals surface area (Å²) in [6, 6.07) is 13.9. The van der Waals surface area contributed by atoms with Crippen molar-refractivity contribution in [1.82, 2.24) is 15.4 Å². The van der Waals surface area contributed by atoms with E-state index in [1.165, 1.54) is 24.8 Å². The van der Waals surface area contributed by atoms with Crippen LogP contribution in [0.5, 0.6) is 5.75 Å². The molecule has 1 N–H and O–H groups in total.